The maximum absolute atomic E-state index is 12.6. The summed E-state index contributed by atoms with van der Waals surface area (Å²) in [6.07, 6.45) is 3.45. The van der Waals surface area contributed by atoms with Gasteiger partial charge in [-0.05, 0) is 25.1 Å². The first-order valence-corrected chi connectivity index (χ1v) is 9.60. The number of pyridine rings is 1. The predicted molar refractivity (Wildman–Crippen MR) is 107 cm³/mol. The summed E-state index contributed by atoms with van der Waals surface area (Å²) in [7, 11) is 0. The van der Waals surface area contributed by atoms with E-state index < -0.39 is 5.97 Å². The van der Waals surface area contributed by atoms with E-state index in [0.29, 0.717) is 11.3 Å². The molecule has 0 atom stereocenters. The SMILES string of the molecule is Cc1[nH]c2ccccc2c1C(=O)COC(=O)Cc1csc(-c2cccnc2)n1. The number of aryl methyl sites for hydroxylation is 1. The van der Waals surface area contributed by atoms with Gasteiger partial charge in [-0.25, -0.2) is 4.98 Å². The monoisotopic (exact) mass is 391 g/mol. The maximum atomic E-state index is 12.6. The average molecular weight is 391 g/mol. The molecule has 0 radical (unpaired) electrons. The molecule has 4 rings (SSSR count). The molecule has 0 bridgehead atoms. The van der Waals surface area contributed by atoms with Crippen molar-refractivity contribution in [3.63, 3.8) is 0 Å². The van der Waals surface area contributed by atoms with Gasteiger partial charge in [0.05, 0.1) is 12.1 Å². The van der Waals surface area contributed by atoms with Gasteiger partial charge in [0.15, 0.2) is 6.61 Å². The first-order chi connectivity index (χ1) is 13.6. The van der Waals surface area contributed by atoms with Crippen LogP contribution in [0.5, 0.6) is 0 Å². The molecule has 0 fully saturated rings. The number of hydrogen-bond acceptors (Lipinski definition) is 6. The second-order valence-electron chi connectivity index (χ2n) is 6.32. The summed E-state index contributed by atoms with van der Waals surface area (Å²) < 4.78 is 5.20. The van der Waals surface area contributed by atoms with Crippen molar-refractivity contribution >= 4 is 34.0 Å². The minimum atomic E-state index is -0.478. The highest BCUT2D eigenvalue weighted by Crippen LogP contribution is 2.24. The molecule has 7 heteroatoms. The lowest BCUT2D eigenvalue weighted by molar-refractivity contribution is -0.141. The number of para-hydroxylation sites is 1. The maximum Gasteiger partial charge on any atom is 0.312 e. The number of carbonyl (C=O) groups excluding carboxylic acids is 2. The molecule has 0 aliphatic rings. The van der Waals surface area contributed by atoms with Gasteiger partial charge in [0, 0.05) is 45.5 Å². The number of fused-ring (bicyclic) bond motifs is 1. The summed E-state index contributed by atoms with van der Waals surface area (Å²) in [6, 6.07) is 11.3. The smallest absolute Gasteiger partial charge is 0.312 e. The van der Waals surface area contributed by atoms with Gasteiger partial charge in [-0.2, -0.15) is 0 Å². The van der Waals surface area contributed by atoms with Crippen LogP contribution in [0.1, 0.15) is 21.7 Å². The zero-order valence-corrected chi connectivity index (χ0v) is 16.0. The standard InChI is InChI=1S/C21H17N3O3S/c1-13-20(16-6-2-3-7-17(16)23-13)18(25)11-27-19(26)9-15-12-28-21(24-15)14-5-4-8-22-10-14/h2-8,10,12,23H,9,11H2,1H3. The fourth-order valence-corrected chi connectivity index (χ4v) is 3.87. The molecule has 0 unspecified atom stereocenters. The van der Waals surface area contributed by atoms with E-state index in [4.69, 9.17) is 4.74 Å². The van der Waals surface area contributed by atoms with Crippen molar-refractivity contribution in [3.05, 3.63) is 71.1 Å². The van der Waals surface area contributed by atoms with Crippen LogP contribution in [0.25, 0.3) is 21.5 Å². The third-order valence-corrected chi connectivity index (χ3v) is 5.26. The van der Waals surface area contributed by atoms with Gasteiger partial charge in [0.1, 0.15) is 5.01 Å². The Morgan fingerprint density at radius 1 is 1.18 bits per heavy atom. The average Bonchev–Trinajstić information content (AvgIpc) is 3.30. The van der Waals surface area contributed by atoms with Gasteiger partial charge in [0.2, 0.25) is 5.78 Å². The lowest BCUT2D eigenvalue weighted by Crippen LogP contribution is -2.16. The molecule has 1 aromatic carbocycles. The third-order valence-electron chi connectivity index (χ3n) is 4.32. The molecular weight excluding hydrogens is 374 g/mol. The predicted octanol–water partition coefficient (Wildman–Crippen LogP) is 3.96. The third kappa shape index (κ3) is 3.70. The van der Waals surface area contributed by atoms with Gasteiger partial charge < -0.3 is 9.72 Å². The zero-order chi connectivity index (χ0) is 19.5. The van der Waals surface area contributed by atoms with E-state index in [1.807, 2.05) is 48.7 Å². The van der Waals surface area contributed by atoms with Crippen molar-refractivity contribution in [2.75, 3.05) is 6.61 Å². The van der Waals surface area contributed by atoms with E-state index in [0.717, 1.165) is 27.2 Å². The Bertz CT molecular complexity index is 1150. The number of benzene rings is 1. The van der Waals surface area contributed by atoms with E-state index in [1.165, 1.54) is 11.3 Å². The number of aromatic amines is 1. The number of nitrogens with zero attached hydrogens (tertiary/aromatic N) is 2. The fourth-order valence-electron chi connectivity index (χ4n) is 3.06. The molecule has 4 aromatic rings. The van der Waals surface area contributed by atoms with Gasteiger partial charge in [-0.1, -0.05) is 18.2 Å². The van der Waals surface area contributed by atoms with E-state index in [2.05, 4.69) is 15.0 Å². The van der Waals surface area contributed by atoms with E-state index in [1.54, 1.807) is 12.4 Å². The van der Waals surface area contributed by atoms with Crippen LogP contribution in [0.2, 0.25) is 0 Å². The first-order valence-electron chi connectivity index (χ1n) is 8.73. The molecule has 140 valence electrons. The number of ether oxygens (including phenoxy) is 1. The highest BCUT2D eigenvalue weighted by molar-refractivity contribution is 7.13. The van der Waals surface area contributed by atoms with Crippen LogP contribution < -0.4 is 0 Å². The summed E-state index contributed by atoms with van der Waals surface area (Å²) in [5, 5.41) is 3.44. The summed E-state index contributed by atoms with van der Waals surface area (Å²) >= 11 is 1.44. The van der Waals surface area contributed by atoms with Crippen molar-refractivity contribution in [3.8, 4) is 10.6 Å². The van der Waals surface area contributed by atoms with Crippen LogP contribution in [0, 0.1) is 6.92 Å². The molecule has 0 aliphatic heterocycles. The number of thiazole rings is 1. The van der Waals surface area contributed by atoms with Crippen LogP contribution in [0.4, 0.5) is 0 Å². The Hall–Kier alpha value is -3.32. The number of ketones is 1. The number of hydrogen-bond donors (Lipinski definition) is 1. The van der Waals surface area contributed by atoms with Gasteiger partial charge in [-0.15, -0.1) is 11.3 Å². The first kappa shape index (κ1) is 18.1. The van der Waals surface area contributed by atoms with E-state index >= 15 is 0 Å². The minimum Gasteiger partial charge on any atom is -0.457 e. The number of rotatable bonds is 6. The van der Waals surface area contributed by atoms with Crippen LogP contribution in [-0.4, -0.2) is 33.3 Å². The van der Waals surface area contributed by atoms with Crippen LogP contribution >= 0.6 is 11.3 Å². The van der Waals surface area contributed by atoms with Crippen LogP contribution in [-0.2, 0) is 16.0 Å². The fraction of sp³-hybridized carbons (Fsp3) is 0.143. The number of aromatic nitrogens is 3. The molecule has 1 N–H and O–H groups in total. The zero-order valence-electron chi connectivity index (χ0n) is 15.1. The lowest BCUT2D eigenvalue weighted by Gasteiger charge is -2.04. The van der Waals surface area contributed by atoms with Gasteiger partial charge in [-0.3, -0.25) is 14.6 Å². The molecule has 28 heavy (non-hydrogen) atoms. The van der Waals surface area contributed by atoms with Crippen molar-refractivity contribution in [2.24, 2.45) is 0 Å². The largest absolute Gasteiger partial charge is 0.457 e. The molecule has 0 spiro atoms. The number of esters is 1. The molecule has 0 amide bonds. The van der Waals surface area contributed by atoms with Crippen LogP contribution in [0.3, 0.4) is 0 Å². The number of H-pyrrole nitrogens is 1. The number of carbonyl (C=O) groups is 2. The minimum absolute atomic E-state index is 0.0247. The second kappa shape index (κ2) is 7.74. The number of Topliss-reactive ketones (excluding diaryl/α,β-unsaturated/α-hetero) is 1. The molecule has 6 nitrogen and oxygen atoms in total. The Morgan fingerprint density at radius 3 is 2.86 bits per heavy atom. The quantitative estimate of drug-likeness (QED) is 0.397. The van der Waals surface area contributed by atoms with Crippen molar-refractivity contribution in [2.45, 2.75) is 13.3 Å². The van der Waals surface area contributed by atoms with Crippen molar-refractivity contribution < 1.29 is 14.3 Å². The highest BCUT2D eigenvalue weighted by Gasteiger charge is 2.18. The van der Waals surface area contributed by atoms with E-state index in [-0.39, 0.29) is 18.8 Å². The molecule has 0 saturated carbocycles. The topological polar surface area (TPSA) is 84.9 Å². The van der Waals surface area contributed by atoms with Gasteiger partial charge >= 0.3 is 5.97 Å². The molecule has 0 aliphatic carbocycles. The summed E-state index contributed by atoms with van der Waals surface area (Å²) in [4.78, 5) is 36.4. The van der Waals surface area contributed by atoms with Crippen molar-refractivity contribution in [1.82, 2.24) is 15.0 Å². The van der Waals surface area contributed by atoms with Crippen LogP contribution in [0.15, 0.2) is 54.2 Å². The lowest BCUT2D eigenvalue weighted by atomic mass is 10.1. The second-order valence-corrected chi connectivity index (χ2v) is 7.18. The highest BCUT2D eigenvalue weighted by atomic mass is 32.1. The normalized spacial score (nSPS) is 10.9. The van der Waals surface area contributed by atoms with Crippen molar-refractivity contribution in [1.29, 1.82) is 0 Å². The summed E-state index contributed by atoms with van der Waals surface area (Å²) in [6.45, 7) is 1.55. The van der Waals surface area contributed by atoms with E-state index in [9.17, 15) is 9.59 Å². The summed E-state index contributed by atoms with van der Waals surface area (Å²) in [5.41, 5.74) is 3.74. The Balaban J connectivity index is 1.39. The Morgan fingerprint density at radius 2 is 2.04 bits per heavy atom. The molecule has 3 aromatic heterocycles. The summed E-state index contributed by atoms with van der Waals surface area (Å²) in [5.74, 6) is -0.702. The Kier molecular flexibility index (Phi) is 4.99. The molecular formula is C21H17N3O3S. The molecule has 3 heterocycles. The molecule has 0 saturated heterocycles. The van der Waals surface area contributed by atoms with Gasteiger partial charge in [0.25, 0.3) is 0 Å². The Labute approximate surface area is 165 Å². The number of nitrogens with one attached hydrogen (secondary N) is 1.